The van der Waals surface area contributed by atoms with Gasteiger partial charge < -0.3 is 5.73 Å². The molecule has 2 heterocycles. The first-order valence-electron chi connectivity index (χ1n) is 7.72. The van der Waals surface area contributed by atoms with Crippen LogP contribution >= 0.6 is 0 Å². The van der Waals surface area contributed by atoms with Crippen molar-refractivity contribution in [3.05, 3.63) is 65.5 Å². The van der Waals surface area contributed by atoms with Gasteiger partial charge in [-0.15, -0.1) is 0 Å². The van der Waals surface area contributed by atoms with E-state index in [-0.39, 0.29) is 0 Å². The number of pyridine rings is 1. The maximum absolute atomic E-state index is 6.14. The van der Waals surface area contributed by atoms with Gasteiger partial charge in [0.25, 0.3) is 0 Å². The van der Waals surface area contributed by atoms with Crippen molar-refractivity contribution in [2.45, 2.75) is 31.8 Å². The Balaban J connectivity index is 1.91. The highest BCUT2D eigenvalue weighted by molar-refractivity contribution is 5.30. The maximum Gasteiger partial charge on any atom is 0.0479 e. The molecule has 0 radical (unpaired) electrons. The minimum atomic E-state index is 0.291. The number of aromatic nitrogens is 1. The minimum absolute atomic E-state index is 0.291. The van der Waals surface area contributed by atoms with Crippen LogP contribution in [0.2, 0.25) is 0 Å². The summed E-state index contributed by atoms with van der Waals surface area (Å²) in [4.78, 5) is 6.84. The molecule has 3 rings (SSSR count). The molecule has 1 aliphatic rings. The number of nitrogens with two attached hydrogens (primary N) is 1. The van der Waals surface area contributed by atoms with Gasteiger partial charge in [-0.05, 0) is 49.1 Å². The lowest BCUT2D eigenvalue weighted by molar-refractivity contribution is 0.184. The van der Waals surface area contributed by atoms with Crippen molar-refractivity contribution in [1.29, 1.82) is 0 Å². The van der Waals surface area contributed by atoms with Crippen molar-refractivity contribution in [3.63, 3.8) is 0 Å². The van der Waals surface area contributed by atoms with Gasteiger partial charge in [0.2, 0.25) is 0 Å². The summed E-state index contributed by atoms with van der Waals surface area (Å²) in [6.45, 7) is 3.94. The molecule has 2 unspecified atom stereocenters. The molecule has 3 heteroatoms. The van der Waals surface area contributed by atoms with E-state index in [0.717, 1.165) is 6.54 Å². The molecular formula is C18H23N3. The van der Waals surface area contributed by atoms with Crippen LogP contribution in [0.5, 0.6) is 0 Å². The number of benzene rings is 1. The molecule has 0 bridgehead atoms. The summed E-state index contributed by atoms with van der Waals surface area (Å²) in [5, 5.41) is 0. The molecule has 0 saturated carbocycles. The molecule has 110 valence electrons. The van der Waals surface area contributed by atoms with E-state index < -0.39 is 0 Å². The largest absolute Gasteiger partial charge is 0.329 e. The molecule has 1 aromatic heterocycles. The summed E-state index contributed by atoms with van der Waals surface area (Å²) in [5.41, 5.74) is 10.1. The topological polar surface area (TPSA) is 42.1 Å². The van der Waals surface area contributed by atoms with Crippen LogP contribution in [-0.4, -0.2) is 23.0 Å². The van der Waals surface area contributed by atoms with Crippen LogP contribution in [0.4, 0.5) is 0 Å². The quantitative estimate of drug-likeness (QED) is 0.935. The monoisotopic (exact) mass is 281 g/mol. The number of aryl methyl sites for hydroxylation is 1. The first kappa shape index (κ1) is 14.2. The third kappa shape index (κ3) is 2.85. The van der Waals surface area contributed by atoms with Crippen molar-refractivity contribution < 1.29 is 0 Å². The Labute approximate surface area is 126 Å². The molecule has 0 amide bonds. The average Bonchev–Trinajstić information content (AvgIpc) is 3.00. The Bertz CT molecular complexity index is 582. The van der Waals surface area contributed by atoms with E-state index in [1.165, 1.54) is 29.5 Å². The summed E-state index contributed by atoms with van der Waals surface area (Å²) in [5.74, 6) is 0. The Morgan fingerprint density at radius 1 is 1.29 bits per heavy atom. The zero-order chi connectivity index (χ0) is 14.7. The molecule has 1 aromatic carbocycles. The van der Waals surface area contributed by atoms with Crippen LogP contribution in [0.25, 0.3) is 0 Å². The zero-order valence-corrected chi connectivity index (χ0v) is 12.6. The van der Waals surface area contributed by atoms with Gasteiger partial charge in [0.1, 0.15) is 0 Å². The number of hydrogen-bond donors (Lipinski definition) is 1. The van der Waals surface area contributed by atoms with E-state index in [2.05, 4.69) is 47.1 Å². The van der Waals surface area contributed by atoms with E-state index in [9.17, 15) is 0 Å². The Kier molecular flexibility index (Phi) is 4.32. The normalized spacial score (nSPS) is 20.6. The van der Waals surface area contributed by atoms with Gasteiger partial charge in [-0.2, -0.15) is 0 Å². The van der Waals surface area contributed by atoms with Gasteiger partial charge >= 0.3 is 0 Å². The molecule has 0 aliphatic carbocycles. The van der Waals surface area contributed by atoms with Gasteiger partial charge in [0.15, 0.2) is 0 Å². The fourth-order valence-corrected chi connectivity index (χ4v) is 3.49. The van der Waals surface area contributed by atoms with Crippen LogP contribution in [0.3, 0.4) is 0 Å². The number of rotatable bonds is 4. The van der Waals surface area contributed by atoms with E-state index in [0.29, 0.717) is 18.6 Å². The predicted molar refractivity (Wildman–Crippen MR) is 85.9 cm³/mol. The van der Waals surface area contributed by atoms with Crippen LogP contribution in [-0.2, 0) is 0 Å². The van der Waals surface area contributed by atoms with Crippen molar-refractivity contribution in [3.8, 4) is 0 Å². The van der Waals surface area contributed by atoms with E-state index in [1.807, 2.05) is 18.5 Å². The minimum Gasteiger partial charge on any atom is -0.329 e. The summed E-state index contributed by atoms with van der Waals surface area (Å²) >= 11 is 0. The Morgan fingerprint density at radius 2 is 2.14 bits per heavy atom. The van der Waals surface area contributed by atoms with Crippen molar-refractivity contribution in [2.75, 3.05) is 13.1 Å². The highest BCUT2D eigenvalue weighted by Crippen LogP contribution is 2.38. The first-order valence-corrected chi connectivity index (χ1v) is 7.72. The van der Waals surface area contributed by atoms with Crippen LogP contribution in [0.15, 0.2) is 48.8 Å². The lowest BCUT2D eigenvalue weighted by Gasteiger charge is -2.33. The molecule has 21 heavy (non-hydrogen) atoms. The van der Waals surface area contributed by atoms with Gasteiger partial charge in [0, 0.05) is 31.0 Å². The van der Waals surface area contributed by atoms with Gasteiger partial charge in [-0.25, -0.2) is 0 Å². The highest BCUT2D eigenvalue weighted by Gasteiger charge is 2.32. The molecule has 3 nitrogen and oxygen atoms in total. The number of likely N-dealkylation sites (tertiary alicyclic amines) is 1. The average molecular weight is 281 g/mol. The van der Waals surface area contributed by atoms with Gasteiger partial charge in [0.05, 0.1) is 0 Å². The first-order chi connectivity index (χ1) is 10.3. The van der Waals surface area contributed by atoms with E-state index >= 15 is 0 Å². The number of nitrogens with zero attached hydrogens (tertiary/aromatic N) is 2. The molecule has 2 aromatic rings. The van der Waals surface area contributed by atoms with E-state index in [1.54, 1.807) is 0 Å². The summed E-state index contributed by atoms with van der Waals surface area (Å²) < 4.78 is 0. The van der Waals surface area contributed by atoms with Crippen LogP contribution < -0.4 is 5.73 Å². The van der Waals surface area contributed by atoms with Crippen molar-refractivity contribution in [2.24, 2.45) is 5.73 Å². The molecule has 1 aliphatic heterocycles. The molecule has 1 saturated heterocycles. The summed E-state index contributed by atoms with van der Waals surface area (Å²) in [6, 6.07) is 13.5. The fourth-order valence-electron chi connectivity index (χ4n) is 3.49. The van der Waals surface area contributed by atoms with Crippen LogP contribution in [0, 0.1) is 6.92 Å². The summed E-state index contributed by atoms with van der Waals surface area (Å²) in [6.07, 6.45) is 6.25. The summed E-state index contributed by atoms with van der Waals surface area (Å²) in [7, 11) is 0. The highest BCUT2D eigenvalue weighted by atomic mass is 15.2. The molecule has 2 atom stereocenters. The van der Waals surface area contributed by atoms with E-state index in [4.69, 9.17) is 5.73 Å². The third-order valence-corrected chi connectivity index (χ3v) is 4.53. The van der Waals surface area contributed by atoms with Gasteiger partial charge in [-0.3, -0.25) is 9.88 Å². The standard InChI is InChI=1S/C18H23N3/c1-14-6-2-3-8-16(14)18(12-19)21-11-5-9-17(21)15-7-4-10-20-13-15/h2-4,6-8,10,13,17-18H,5,9,11-12,19H2,1H3. The van der Waals surface area contributed by atoms with Gasteiger partial charge in [-0.1, -0.05) is 30.3 Å². The molecule has 1 fully saturated rings. The Morgan fingerprint density at radius 3 is 2.86 bits per heavy atom. The molecular weight excluding hydrogens is 258 g/mol. The number of hydrogen-bond acceptors (Lipinski definition) is 3. The zero-order valence-electron chi connectivity index (χ0n) is 12.6. The molecule has 2 N–H and O–H groups in total. The lowest BCUT2D eigenvalue weighted by atomic mass is 9.98. The maximum atomic E-state index is 6.14. The third-order valence-electron chi connectivity index (χ3n) is 4.53. The second kappa shape index (κ2) is 6.37. The second-order valence-corrected chi connectivity index (χ2v) is 5.79. The Hall–Kier alpha value is -1.71. The SMILES string of the molecule is Cc1ccccc1C(CN)N1CCCC1c1cccnc1. The fraction of sp³-hybridized carbons (Fsp3) is 0.389. The van der Waals surface area contributed by atoms with Crippen molar-refractivity contribution >= 4 is 0 Å². The lowest BCUT2D eigenvalue weighted by Crippen LogP contribution is -2.34. The second-order valence-electron chi connectivity index (χ2n) is 5.79. The molecule has 0 spiro atoms. The van der Waals surface area contributed by atoms with Crippen LogP contribution in [0.1, 0.15) is 41.6 Å². The predicted octanol–water partition coefficient (Wildman–Crippen LogP) is 3.23. The van der Waals surface area contributed by atoms with Crippen molar-refractivity contribution in [1.82, 2.24) is 9.88 Å². The smallest absolute Gasteiger partial charge is 0.0479 e.